The van der Waals surface area contributed by atoms with Crippen molar-refractivity contribution in [1.29, 1.82) is 0 Å². The van der Waals surface area contributed by atoms with E-state index in [-0.39, 0.29) is 5.91 Å². The van der Waals surface area contributed by atoms with Gasteiger partial charge in [0.2, 0.25) is 5.91 Å². The molecule has 1 aromatic rings. The highest BCUT2D eigenvalue weighted by Gasteiger charge is 2.26. The fraction of sp³-hybridized carbons (Fsp3) is 0.588. The van der Waals surface area contributed by atoms with E-state index in [9.17, 15) is 4.79 Å². The van der Waals surface area contributed by atoms with E-state index < -0.39 is 0 Å². The van der Waals surface area contributed by atoms with Crippen LogP contribution in [0.1, 0.15) is 38.7 Å². The van der Waals surface area contributed by atoms with Gasteiger partial charge < -0.3 is 10.6 Å². The van der Waals surface area contributed by atoms with Crippen LogP contribution < -0.4 is 10.6 Å². The van der Waals surface area contributed by atoms with Gasteiger partial charge in [0, 0.05) is 17.6 Å². The summed E-state index contributed by atoms with van der Waals surface area (Å²) in [4.78, 5) is 11.9. The zero-order chi connectivity index (χ0) is 15.2. The molecule has 3 unspecified atom stereocenters. The summed E-state index contributed by atoms with van der Waals surface area (Å²) in [5.41, 5.74) is 1.06. The van der Waals surface area contributed by atoms with Gasteiger partial charge in [-0.15, -0.1) is 0 Å². The standard InChI is InChI=1S/C17H25ClN2O/c1-12-4-3-5-16(13(12)2)19-11-17(21)20-10-14-6-8-15(18)9-7-14/h6-9,12-13,16,19H,3-5,10-11H2,1-2H3,(H,20,21). The van der Waals surface area contributed by atoms with E-state index in [4.69, 9.17) is 11.6 Å². The van der Waals surface area contributed by atoms with Crippen LogP contribution in [0.2, 0.25) is 5.02 Å². The first-order valence-electron chi connectivity index (χ1n) is 7.81. The molecule has 0 bridgehead atoms. The third-order valence-corrected chi connectivity index (χ3v) is 4.89. The van der Waals surface area contributed by atoms with E-state index in [0.29, 0.717) is 30.1 Å². The summed E-state index contributed by atoms with van der Waals surface area (Å²) in [6, 6.07) is 8.01. The number of hydrogen-bond donors (Lipinski definition) is 2. The summed E-state index contributed by atoms with van der Waals surface area (Å²) < 4.78 is 0. The zero-order valence-corrected chi connectivity index (χ0v) is 13.6. The number of nitrogens with one attached hydrogen (secondary N) is 2. The molecule has 3 atom stereocenters. The van der Waals surface area contributed by atoms with Crippen molar-refractivity contribution in [2.24, 2.45) is 11.8 Å². The van der Waals surface area contributed by atoms with Gasteiger partial charge in [0.05, 0.1) is 6.54 Å². The fourth-order valence-electron chi connectivity index (χ4n) is 2.96. The van der Waals surface area contributed by atoms with Crippen molar-refractivity contribution in [3.63, 3.8) is 0 Å². The molecule has 21 heavy (non-hydrogen) atoms. The molecule has 0 aromatic heterocycles. The Hall–Kier alpha value is -1.06. The van der Waals surface area contributed by atoms with E-state index in [2.05, 4.69) is 24.5 Å². The highest BCUT2D eigenvalue weighted by molar-refractivity contribution is 6.30. The highest BCUT2D eigenvalue weighted by Crippen LogP contribution is 2.29. The van der Waals surface area contributed by atoms with Gasteiger partial charge in [0.25, 0.3) is 0 Å². The second kappa shape index (κ2) is 7.81. The third-order valence-electron chi connectivity index (χ3n) is 4.63. The molecule has 0 aliphatic heterocycles. The predicted molar refractivity (Wildman–Crippen MR) is 87.3 cm³/mol. The van der Waals surface area contributed by atoms with Crippen molar-refractivity contribution in [1.82, 2.24) is 10.6 Å². The summed E-state index contributed by atoms with van der Waals surface area (Å²) in [6.45, 7) is 5.54. The lowest BCUT2D eigenvalue weighted by atomic mass is 9.78. The number of carbonyl (C=O) groups excluding carboxylic acids is 1. The topological polar surface area (TPSA) is 41.1 Å². The number of amides is 1. The lowest BCUT2D eigenvalue weighted by molar-refractivity contribution is -0.120. The Morgan fingerprint density at radius 3 is 2.67 bits per heavy atom. The minimum Gasteiger partial charge on any atom is -0.351 e. The normalized spacial score (nSPS) is 25.6. The lowest BCUT2D eigenvalue weighted by Gasteiger charge is -2.34. The average Bonchev–Trinajstić information content (AvgIpc) is 2.48. The van der Waals surface area contributed by atoms with Crippen LogP contribution in [0.5, 0.6) is 0 Å². The van der Waals surface area contributed by atoms with E-state index in [1.54, 1.807) is 0 Å². The molecule has 2 rings (SSSR count). The first kappa shape index (κ1) is 16.3. The molecule has 1 saturated carbocycles. The SMILES string of the molecule is CC1CCCC(NCC(=O)NCc2ccc(Cl)cc2)C1C. The molecule has 4 heteroatoms. The first-order chi connectivity index (χ1) is 10.1. The second-order valence-corrected chi connectivity index (χ2v) is 6.59. The maximum atomic E-state index is 11.9. The molecule has 1 aliphatic carbocycles. The molecular formula is C17H25ClN2O. The molecule has 0 heterocycles. The smallest absolute Gasteiger partial charge is 0.234 e. The van der Waals surface area contributed by atoms with Crippen LogP contribution in [-0.4, -0.2) is 18.5 Å². The molecule has 1 amide bonds. The zero-order valence-electron chi connectivity index (χ0n) is 12.9. The summed E-state index contributed by atoms with van der Waals surface area (Å²) in [5.74, 6) is 1.44. The molecule has 0 saturated heterocycles. The Morgan fingerprint density at radius 2 is 1.95 bits per heavy atom. The van der Waals surface area contributed by atoms with E-state index >= 15 is 0 Å². The summed E-state index contributed by atoms with van der Waals surface area (Å²) in [5, 5.41) is 7.07. The Kier molecular flexibility index (Phi) is 6.07. The number of carbonyl (C=O) groups is 1. The van der Waals surface area contributed by atoms with Crippen LogP contribution in [0.4, 0.5) is 0 Å². The summed E-state index contributed by atoms with van der Waals surface area (Å²) >= 11 is 5.84. The van der Waals surface area contributed by atoms with Gasteiger partial charge in [-0.05, 0) is 36.0 Å². The van der Waals surface area contributed by atoms with Crippen LogP contribution in [0, 0.1) is 11.8 Å². The minimum atomic E-state index is 0.0513. The van der Waals surface area contributed by atoms with Crippen LogP contribution in [0.3, 0.4) is 0 Å². The largest absolute Gasteiger partial charge is 0.351 e. The molecule has 2 N–H and O–H groups in total. The maximum absolute atomic E-state index is 11.9. The predicted octanol–water partition coefficient (Wildman–Crippen LogP) is 3.37. The lowest BCUT2D eigenvalue weighted by Crippen LogP contribution is -2.45. The van der Waals surface area contributed by atoms with Crippen molar-refractivity contribution in [3.8, 4) is 0 Å². The maximum Gasteiger partial charge on any atom is 0.234 e. The number of halogens is 1. The monoisotopic (exact) mass is 308 g/mol. The summed E-state index contributed by atoms with van der Waals surface area (Å²) in [6.07, 6.45) is 3.74. The van der Waals surface area contributed by atoms with Gasteiger partial charge in [-0.25, -0.2) is 0 Å². The van der Waals surface area contributed by atoms with Crippen LogP contribution in [0.15, 0.2) is 24.3 Å². The molecule has 1 aliphatic rings. The molecule has 3 nitrogen and oxygen atoms in total. The van der Waals surface area contributed by atoms with Gasteiger partial charge in [-0.2, -0.15) is 0 Å². The van der Waals surface area contributed by atoms with Crippen molar-refractivity contribution >= 4 is 17.5 Å². The van der Waals surface area contributed by atoms with E-state index in [0.717, 1.165) is 11.5 Å². The quantitative estimate of drug-likeness (QED) is 0.875. The van der Waals surface area contributed by atoms with Gasteiger partial charge in [0.1, 0.15) is 0 Å². The molecular weight excluding hydrogens is 284 g/mol. The van der Waals surface area contributed by atoms with E-state index in [1.165, 1.54) is 19.3 Å². The third kappa shape index (κ3) is 5.01. The van der Waals surface area contributed by atoms with Crippen molar-refractivity contribution < 1.29 is 4.79 Å². The van der Waals surface area contributed by atoms with Crippen LogP contribution in [0.25, 0.3) is 0 Å². The van der Waals surface area contributed by atoms with Crippen LogP contribution >= 0.6 is 11.6 Å². The van der Waals surface area contributed by atoms with Crippen molar-refractivity contribution in [2.75, 3.05) is 6.54 Å². The van der Waals surface area contributed by atoms with Gasteiger partial charge >= 0.3 is 0 Å². The van der Waals surface area contributed by atoms with Crippen molar-refractivity contribution in [3.05, 3.63) is 34.9 Å². The Morgan fingerprint density at radius 1 is 1.24 bits per heavy atom. The molecule has 116 valence electrons. The minimum absolute atomic E-state index is 0.0513. The molecule has 0 spiro atoms. The molecule has 1 fully saturated rings. The fourth-order valence-corrected chi connectivity index (χ4v) is 3.09. The van der Waals surface area contributed by atoms with Crippen LogP contribution in [-0.2, 0) is 11.3 Å². The molecule has 0 radical (unpaired) electrons. The van der Waals surface area contributed by atoms with Gasteiger partial charge in [-0.1, -0.05) is 50.4 Å². The second-order valence-electron chi connectivity index (χ2n) is 6.16. The Balaban J connectivity index is 1.71. The Labute approximate surface area is 132 Å². The number of hydrogen-bond acceptors (Lipinski definition) is 2. The van der Waals surface area contributed by atoms with E-state index in [1.807, 2.05) is 24.3 Å². The summed E-state index contributed by atoms with van der Waals surface area (Å²) in [7, 11) is 0. The first-order valence-corrected chi connectivity index (χ1v) is 8.18. The highest BCUT2D eigenvalue weighted by atomic mass is 35.5. The average molecular weight is 309 g/mol. The van der Waals surface area contributed by atoms with Crippen molar-refractivity contribution in [2.45, 2.75) is 45.7 Å². The van der Waals surface area contributed by atoms with Gasteiger partial charge in [-0.3, -0.25) is 4.79 Å². The molecule has 1 aromatic carbocycles. The van der Waals surface area contributed by atoms with Gasteiger partial charge in [0.15, 0.2) is 0 Å². The number of benzene rings is 1. The number of rotatable bonds is 5. The Bertz CT molecular complexity index is 460.